The first-order valence-corrected chi connectivity index (χ1v) is 23.9. The maximum Gasteiger partial charge on any atom is 0.220 e. The first kappa shape index (κ1) is 51.6. The van der Waals surface area contributed by atoms with Gasteiger partial charge >= 0.3 is 0 Å². The highest BCUT2D eigenvalue weighted by Crippen LogP contribution is 2.16. The van der Waals surface area contributed by atoms with Crippen molar-refractivity contribution in [3.63, 3.8) is 0 Å². The Labute approximate surface area is 332 Å². The zero-order valence-electron chi connectivity index (χ0n) is 35.9. The van der Waals surface area contributed by atoms with Crippen molar-refractivity contribution >= 4 is 11.7 Å². The van der Waals surface area contributed by atoms with Crippen LogP contribution in [0.3, 0.4) is 0 Å². The van der Waals surface area contributed by atoms with E-state index in [0.717, 1.165) is 64.2 Å². The van der Waals surface area contributed by atoms with Crippen LogP contribution in [0.1, 0.15) is 264 Å². The summed E-state index contributed by atoms with van der Waals surface area (Å²) in [5, 5.41) is 12.8. The molecule has 0 saturated heterocycles. The Hall–Kier alpha value is -1.42. The number of nitrogens with one attached hydrogen (secondary N) is 1. The van der Waals surface area contributed by atoms with Gasteiger partial charge in [0, 0.05) is 19.3 Å². The molecule has 0 bridgehead atoms. The van der Waals surface area contributed by atoms with Gasteiger partial charge in [-0.2, -0.15) is 0 Å². The third kappa shape index (κ3) is 43.2. The molecule has 0 radical (unpaired) electrons. The highest BCUT2D eigenvalue weighted by atomic mass is 16.3. The van der Waals surface area contributed by atoms with Crippen LogP contribution in [0.2, 0.25) is 0 Å². The predicted octanol–water partition coefficient (Wildman–Crippen LogP) is 15.4. The molecule has 0 aliphatic carbocycles. The number of amides is 1. The topological polar surface area (TPSA) is 66.4 Å². The molecule has 312 valence electrons. The summed E-state index contributed by atoms with van der Waals surface area (Å²) in [7, 11) is 0. The zero-order valence-corrected chi connectivity index (χ0v) is 35.9. The van der Waals surface area contributed by atoms with Gasteiger partial charge in [-0.1, -0.05) is 212 Å². The Morgan fingerprint density at radius 3 is 1.21 bits per heavy atom. The van der Waals surface area contributed by atoms with Crippen LogP contribution in [0.5, 0.6) is 0 Å². The monoisotopic (exact) mass is 744 g/mol. The molecule has 1 unspecified atom stereocenters. The zero-order chi connectivity index (χ0) is 38.6. The van der Waals surface area contributed by atoms with E-state index in [1.165, 1.54) is 180 Å². The van der Waals surface area contributed by atoms with Gasteiger partial charge in [-0.3, -0.25) is 9.59 Å². The minimum Gasteiger partial charge on any atom is -0.394 e. The third-order valence-electron chi connectivity index (χ3n) is 11.0. The van der Waals surface area contributed by atoms with Gasteiger partial charge in [0.1, 0.15) is 5.78 Å². The number of hydrogen-bond acceptors (Lipinski definition) is 3. The molecule has 53 heavy (non-hydrogen) atoms. The van der Waals surface area contributed by atoms with Crippen LogP contribution in [-0.4, -0.2) is 29.4 Å². The van der Waals surface area contributed by atoms with Crippen molar-refractivity contribution in [1.82, 2.24) is 5.32 Å². The number of carbonyl (C=O) groups is 2. The quantitative estimate of drug-likeness (QED) is 0.0482. The molecule has 0 heterocycles. The van der Waals surface area contributed by atoms with E-state index < -0.39 is 0 Å². The van der Waals surface area contributed by atoms with Crippen molar-refractivity contribution in [2.75, 3.05) is 6.61 Å². The lowest BCUT2D eigenvalue weighted by molar-refractivity contribution is -0.122. The number of hydrogen-bond donors (Lipinski definition) is 2. The highest BCUT2D eigenvalue weighted by Gasteiger charge is 2.11. The van der Waals surface area contributed by atoms with E-state index in [0.29, 0.717) is 12.2 Å². The Morgan fingerprint density at radius 1 is 0.434 bits per heavy atom. The number of aliphatic hydroxyl groups excluding tert-OH is 1. The molecule has 4 nitrogen and oxygen atoms in total. The van der Waals surface area contributed by atoms with Crippen LogP contribution in [0.4, 0.5) is 0 Å². The smallest absolute Gasteiger partial charge is 0.220 e. The van der Waals surface area contributed by atoms with Crippen LogP contribution in [0, 0.1) is 0 Å². The second-order valence-electron chi connectivity index (χ2n) is 16.4. The fourth-order valence-corrected chi connectivity index (χ4v) is 7.37. The van der Waals surface area contributed by atoms with Gasteiger partial charge in [-0.25, -0.2) is 0 Å². The van der Waals surface area contributed by atoms with Crippen LogP contribution in [0.25, 0.3) is 0 Å². The molecule has 0 aromatic carbocycles. The van der Waals surface area contributed by atoms with Crippen molar-refractivity contribution < 1.29 is 14.7 Å². The molecule has 0 aliphatic rings. The number of unbranched alkanes of at least 4 members (excludes halogenated alkanes) is 30. The van der Waals surface area contributed by atoms with Gasteiger partial charge in [0.05, 0.1) is 12.6 Å². The van der Waals surface area contributed by atoms with Crippen LogP contribution < -0.4 is 5.32 Å². The van der Waals surface area contributed by atoms with Crippen LogP contribution in [-0.2, 0) is 9.59 Å². The average Bonchev–Trinajstić information content (AvgIpc) is 3.16. The fraction of sp³-hybridized carbons (Fsp3) is 0.878. The molecule has 1 atom stereocenters. The Morgan fingerprint density at radius 2 is 0.774 bits per heavy atom. The number of allylic oxidation sites excluding steroid dienone is 4. The largest absolute Gasteiger partial charge is 0.394 e. The van der Waals surface area contributed by atoms with Crippen molar-refractivity contribution in [3.05, 3.63) is 24.3 Å². The maximum absolute atomic E-state index is 12.4. The van der Waals surface area contributed by atoms with Gasteiger partial charge in [-0.05, 0) is 57.8 Å². The highest BCUT2D eigenvalue weighted by molar-refractivity contribution is 5.78. The summed E-state index contributed by atoms with van der Waals surface area (Å²) in [4.78, 5) is 24.6. The van der Waals surface area contributed by atoms with Gasteiger partial charge in [0.25, 0.3) is 0 Å². The summed E-state index contributed by atoms with van der Waals surface area (Å²) in [5.41, 5.74) is 0. The standard InChI is InChI=1S/C49H93NO3/c1-3-5-7-9-11-13-15-17-19-21-22-24-26-30-34-38-42-47(46-51)50-49(53)45-41-37-33-29-28-32-36-40-44-48(52)43-39-35-31-27-25-23-20-18-16-14-12-10-8-6-4-2/h12,14,18,20,47,51H,3-11,13,15-17,19,21-46H2,1-2H3,(H,50,53)/b14-12-,20-18-. The fourth-order valence-electron chi connectivity index (χ4n) is 7.37. The van der Waals surface area contributed by atoms with Crippen LogP contribution in [0.15, 0.2) is 24.3 Å². The van der Waals surface area contributed by atoms with E-state index >= 15 is 0 Å². The van der Waals surface area contributed by atoms with Gasteiger partial charge in [0.2, 0.25) is 5.91 Å². The van der Waals surface area contributed by atoms with E-state index in [1.54, 1.807) is 0 Å². The molecule has 1 amide bonds. The predicted molar refractivity (Wildman–Crippen MR) is 234 cm³/mol. The lowest BCUT2D eigenvalue weighted by atomic mass is 10.0. The molecule has 4 heteroatoms. The van der Waals surface area contributed by atoms with E-state index in [4.69, 9.17) is 0 Å². The first-order chi connectivity index (χ1) is 26.1. The number of Topliss-reactive ketones (excluding diaryl/α,β-unsaturated/α-hetero) is 1. The van der Waals surface area contributed by atoms with Gasteiger partial charge < -0.3 is 10.4 Å². The lowest BCUT2D eigenvalue weighted by Crippen LogP contribution is -2.37. The Bertz CT molecular complexity index is 806. The molecule has 2 N–H and O–H groups in total. The second-order valence-corrected chi connectivity index (χ2v) is 16.4. The molecule has 0 spiro atoms. The number of carbonyl (C=O) groups excluding carboxylic acids is 2. The second kappa shape index (κ2) is 45.0. The summed E-state index contributed by atoms with van der Waals surface area (Å²) in [6.07, 6.45) is 56.7. The summed E-state index contributed by atoms with van der Waals surface area (Å²) >= 11 is 0. The summed E-state index contributed by atoms with van der Waals surface area (Å²) in [6, 6.07) is -0.0821. The molecular formula is C49H93NO3. The Kier molecular flexibility index (Phi) is 43.8. The molecule has 0 rings (SSSR count). The minimum atomic E-state index is -0.0821. The molecule has 0 fully saturated rings. The van der Waals surface area contributed by atoms with Crippen molar-refractivity contribution in [2.24, 2.45) is 0 Å². The maximum atomic E-state index is 12.4. The van der Waals surface area contributed by atoms with Gasteiger partial charge in [-0.15, -0.1) is 0 Å². The first-order valence-electron chi connectivity index (χ1n) is 23.9. The molecule has 0 aliphatic heterocycles. The summed E-state index contributed by atoms with van der Waals surface area (Å²) < 4.78 is 0. The summed E-state index contributed by atoms with van der Waals surface area (Å²) in [6.45, 7) is 4.59. The summed E-state index contributed by atoms with van der Waals surface area (Å²) in [5.74, 6) is 0.562. The van der Waals surface area contributed by atoms with E-state index in [-0.39, 0.29) is 18.6 Å². The number of aliphatic hydroxyl groups is 1. The molecular weight excluding hydrogens is 651 g/mol. The minimum absolute atomic E-state index is 0.0479. The lowest BCUT2D eigenvalue weighted by Gasteiger charge is -2.16. The average molecular weight is 744 g/mol. The van der Waals surface area contributed by atoms with E-state index in [2.05, 4.69) is 43.5 Å². The molecule has 0 saturated carbocycles. The van der Waals surface area contributed by atoms with E-state index in [9.17, 15) is 14.7 Å². The molecule has 0 aromatic rings. The van der Waals surface area contributed by atoms with Crippen molar-refractivity contribution in [1.29, 1.82) is 0 Å². The Balaban J connectivity index is 3.44. The SMILES string of the molecule is CCCCC/C=C\C/C=C\CCCCCCCC(=O)CCCCCCCCCCC(=O)NC(CO)CCCCCCCCCCCCCCCCCC. The normalized spacial score (nSPS) is 12.4. The van der Waals surface area contributed by atoms with Crippen molar-refractivity contribution in [2.45, 2.75) is 270 Å². The van der Waals surface area contributed by atoms with Crippen molar-refractivity contribution in [3.8, 4) is 0 Å². The third-order valence-corrected chi connectivity index (χ3v) is 11.0. The van der Waals surface area contributed by atoms with E-state index in [1.807, 2.05) is 0 Å². The van der Waals surface area contributed by atoms with Gasteiger partial charge in [0.15, 0.2) is 0 Å². The molecule has 0 aromatic heterocycles. The number of rotatable bonds is 44. The van der Waals surface area contributed by atoms with Crippen LogP contribution >= 0.6 is 0 Å². The number of ketones is 1.